The van der Waals surface area contributed by atoms with Gasteiger partial charge in [0, 0.05) is 24.4 Å². The van der Waals surface area contributed by atoms with Crippen molar-refractivity contribution < 1.29 is 23.9 Å². The van der Waals surface area contributed by atoms with Gasteiger partial charge < -0.3 is 14.8 Å². The first kappa shape index (κ1) is 23.3. The van der Waals surface area contributed by atoms with Crippen molar-refractivity contribution >= 4 is 23.5 Å². The quantitative estimate of drug-likeness (QED) is 0.631. The van der Waals surface area contributed by atoms with Gasteiger partial charge in [0.1, 0.15) is 17.0 Å². The Balaban J connectivity index is 2.05. The van der Waals surface area contributed by atoms with E-state index in [4.69, 9.17) is 9.47 Å². The van der Waals surface area contributed by atoms with Crippen LogP contribution in [0.5, 0.6) is 5.75 Å². The number of benzene rings is 1. The molecule has 1 N–H and O–H groups in total. The van der Waals surface area contributed by atoms with Crippen LogP contribution in [-0.2, 0) is 16.1 Å². The number of carbonyl (C=O) groups excluding carboxylic acids is 3. The maximum Gasteiger partial charge on any atom is 0.358 e. The van der Waals surface area contributed by atoms with Crippen molar-refractivity contribution in [1.29, 1.82) is 0 Å². The molecule has 0 fully saturated rings. The van der Waals surface area contributed by atoms with E-state index in [0.29, 0.717) is 23.9 Å². The zero-order valence-electron chi connectivity index (χ0n) is 19.2. The van der Waals surface area contributed by atoms with E-state index in [2.05, 4.69) is 24.3 Å². The van der Waals surface area contributed by atoms with Crippen LogP contribution in [0.25, 0.3) is 0 Å². The van der Waals surface area contributed by atoms with Crippen molar-refractivity contribution in [2.45, 2.75) is 46.2 Å². The first-order valence-corrected chi connectivity index (χ1v) is 10.7. The van der Waals surface area contributed by atoms with Crippen molar-refractivity contribution in [2.75, 3.05) is 25.2 Å². The second-order valence-electron chi connectivity index (χ2n) is 8.35. The fraction of sp³-hybridized carbons (Fsp3) is 0.478. The molecule has 0 saturated heterocycles. The fourth-order valence-corrected chi connectivity index (χ4v) is 3.71. The van der Waals surface area contributed by atoms with Crippen LogP contribution in [0.2, 0.25) is 0 Å². The maximum atomic E-state index is 13.6. The molecule has 172 valence electrons. The average molecular weight is 443 g/mol. The number of rotatable bonds is 8. The Bertz CT molecular complexity index is 1020. The highest BCUT2D eigenvalue weighted by atomic mass is 16.5. The van der Waals surface area contributed by atoms with E-state index in [1.54, 1.807) is 38.1 Å². The Labute approximate surface area is 187 Å². The predicted molar refractivity (Wildman–Crippen MR) is 119 cm³/mol. The number of methoxy groups -OCH3 is 1. The Morgan fingerprint density at radius 2 is 2.03 bits per heavy atom. The summed E-state index contributed by atoms with van der Waals surface area (Å²) in [6, 6.07) is 8.38. The average Bonchev–Trinajstić information content (AvgIpc) is 3.18. The van der Waals surface area contributed by atoms with Crippen LogP contribution in [0.15, 0.2) is 30.3 Å². The molecule has 2 amide bonds. The Kier molecular flexibility index (Phi) is 6.86. The summed E-state index contributed by atoms with van der Waals surface area (Å²) in [5.74, 6) is -0.361. The van der Waals surface area contributed by atoms with E-state index in [0.717, 1.165) is 6.42 Å². The first-order chi connectivity index (χ1) is 15.2. The fourth-order valence-electron chi connectivity index (χ4n) is 3.71. The summed E-state index contributed by atoms with van der Waals surface area (Å²) in [6.07, 6.45) is 0.814. The molecule has 0 bridgehead atoms. The van der Waals surface area contributed by atoms with Crippen molar-refractivity contribution in [3.8, 4) is 5.75 Å². The summed E-state index contributed by atoms with van der Waals surface area (Å²) in [5, 5.41) is 7.21. The van der Waals surface area contributed by atoms with Crippen LogP contribution < -0.4 is 15.0 Å². The minimum Gasteiger partial charge on any atom is -0.497 e. The summed E-state index contributed by atoms with van der Waals surface area (Å²) >= 11 is 0. The molecular weight excluding hydrogens is 412 g/mol. The minimum absolute atomic E-state index is 0.0326. The van der Waals surface area contributed by atoms with E-state index >= 15 is 0 Å². The van der Waals surface area contributed by atoms with Gasteiger partial charge in [0.15, 0.2) is 5.69 Å². The molecular formula is C23H30N4O5. The minimum atomic E-state index is -1.27. The molecule has 9 heteroatoms. The second-order valence-corrected chi connectivity index (χ2v) is 8.35. The number of amides is 2. The molecule has 9 nitrogen and oxygen atoms in total. The van der Waals surface area contributed by atoms with E-state index in [-0.39, 0.29) is 30.4 Å². The molecule has 0 aliphatic carbocycles. The highest BCUT2D eigenvalue weighted by molar-refractivity contribution is 6.12. The van der Waals surface area contributed by atoms with Gasteiger partial charge in [0.25, 0.3) is 5.91 Å². The number of ether oxygens (including phenoxy) is 2. The summed E-state index contributed by atoms with van der Waals surface area (Å²) in [5.41, 5.74) is -0.514. The number of hydrogen-bond acceptors (Lipinski definition) is 6. The monoisotopic (exact) mass is 442 g/mol. The Hall–Kier alpha value is -3.36. The van der Waals surface area contributed by atoms with Gasteiger partial charge in [-0.1, -0.05) is 19.9 Å². The van der Waals surface area contributed by atoms with Crippen LogP contribution >= 0.6 is 0 Å². The zero-order chi connectivity index (χ0) is 23.5. The van der Waals surface area contributed by atoms with E-state index in [1.807, 2.05) is 0 Å². The standard InChI is InChI=1S/C23H30N4O5/c1-6-32-21(29)18-13-19-20(28)27(16-8-7-9-17(12-16)31-5)23(4,14-26(19)25-18)22(30)24-11-10-15(2)3/h7-9,12-13,15H,6,10-11,14H2,1-5H3,(H,24,30). The van der Waals surface area contributed by atoms with E-state index < -0.39 is 17.4 Å². The van der Waals surface area contributed by atoms with Crippen molar-refractivity contribution in [3.05, 3.63) is 41.7 Å². The number of aromatic nitrogens is 2. The Morgan fingerprint density at radius 1 is 1.28 bits per heavy atom. The molecule has 3 rings (SSSR count). The number of esters is 1. The topological polar surface area (TPSA) is 103 Å². The van der Waals surface area contributed by atoms with Crippen LogP contribution in [0.3, 0.4) is 0 Å². The molecule has 1 aliphatic rings. The molecule has 0 radical (unpaired) electrons. The van der Waals surface area contributed by atoms with Gasteiger partial charge in [0.2, 0.25) is 5.91 Å². The molecule has 0 spiro atoms. The number of fused-ring (bicyclic) bond motifs is 1. The van der Waals surface area contributed by atoms with Gasteiger partial charge in [-0.2, -0.15) is 5.10 Å². The van der Waals surface area contributed by atoms with E-state index in [9.17, 15) is 14.4 Å². The summed E-state index contributed by atoms with van der Waals surface area (Å²) in [7, 11) is 1.54. The lowest BCUT2D eigenvalue weighted by atomic mass is 9.93. The normalized spacial score (nSPS) is 17.8. The Morgan fingerprint density at radius 3 is 2.69 bits per heavy atom. The lowest BCUT2D eigenvalue weighted by Crippen LogP contribution is -2.64. The number of nitrogens with zero attached hydrogens (tertiary/aromatic N) is 3. The molecule has 1 atom stereocenters. The molecule has 2 aromatic rings. The lowest BCUT2D eigenvalue weighted by molar-refractivity contribution is -0.126. The second kappa shape index (κ2) is 9.42. The smallest absolute Gasteiger partial charge is 0.358 e. The SMILES string of the molecule is CCOC(=O)c1cc2n(n1)CC(C)(C(=O)NCCC(C)C)N(c1cccc(OC)c1)C2=O. The van der Waals surface area contributed by atoms with Crippen LogP contribution in [0, 0.1) is 5.92 Å². The van der Waals surface area contributed by atoms with E-state index in [1.165, 1.54) is 22.8 Å². The lowest BCUT2D eigenvalue weighted by Gasteiger charge is -2.43. The molecule has 1 aliphatic heterocycles. The first-order valence-electron chi connectivity index (χ1n) is 10.7. The number of carbonyl (C=O) groups is 3. The van der Waals surface area contributed by atoms with Gasteiger partial charge in [-0.3, -0.25) is 19.2 Å². The van der Waals surface area contributed by atoms with Gasteiger partial charge >= 0.3 is 5.97 Å². The van der Waals surface area contributed by atoms with Crippen molar-refractivity contribution in [3.63, 3.8) is 0 Å². The van der Waals surface area contributed by atoms with Crippen LogP contribution in [-0.4, -0.2) is 53.4 Å². The number of nitrogens with one attached hydrogen (secondary N) is 1. The molecule has 1 unspecified atom stereocenters. The molecule has 1 aromatic heterocycles. The summed E-state index contributed by atoms with van der Waals surface area (Å²) < 4.78 is 11.7. The summed E-state index contributed by atoms with van der Waals surface area (Å²) in [6.45, 7) is 8.32. The van der Waals surface area contributed by atoms with Gasteiger partial charge in [-0.05, 0) is 38.3 Å². The summed E-state index contributed by atoms with van der Waals surface area (Å²) in [4.78, 5) is 40.6. The highest BCUT2D eigenvalue weighted by Crippen LogP contribution is 2.34. The third-order valence-corrected chi connectivity index (χ3v) is 5.45. The number of anilines is 1. The molecule has 0 saturated carbocycles. The third kappa shape index (κ3) is 4.46. The van der Waals surface area contributed by atoms with Gasteiger partial charge in [-0.15, -0.1) is 0 Å². The molecule has 2 heterocycles. The third-order valence-electron chi connectivity index (χ3n) is 5.45. The molecule has 1 aromatic carbocycles. The van der Waals surface area contributed by atoms with Gasteiger partial charge in [-0.25, -0.2) is 4.79 Å². The maximum absolute atomic E-state index is 13.6. The van der Waals surface area contributed by atoms with Gasteiger partial charge in [0.05, 0.1) is 20.3 Å². The molecule has 32 heavy (non-hydrogen) atoms. The number of hydrogen-bond donors (Lipinski definition) is 1. The van der Waals surface area contributed by atoms with Crippen LogP contribution in [0.1, 0.15) is 55.1 Å². The predicted octanol–water partition coefficient (Wildman–Crippen LogP) is 2.65. The highest BCUT2D eigenvalue weighted by Gasteiger charge is 2.49. The largest absolute Gasteiger partial charge is 0.497 e. The van der Waals surface area contributed by atoms with Crippen molar-refractivity contribution in [1.82, 2.24) is 15.1 Å². The zero-order valence-corrected chi connectivity index (χ0v) is 19.2. The van der Waals surface area contributed by atoms with Crippen molar-refractivity contribution in [2.24, 2.45) is 5.92 Å². The van der Waals surface area contributed by atoms with Crippen LogP contribution in [0.4, 0.5) is 5.69 Å².